The lowest BCUT2D eigenvalue weighted by atomic mass is 9.96. The molecule has 21 heavy (non-hydrogen) atoms. The molecule has 0 spiro atoms. The molecule has 1 unspecified atom stereocenters. The highest BCUT2D eigenvalue weighted by atomic mass is 16.5. The average molecular weight is 280 g/mol. The van der Waals surface area contributed by atoms with Crippen molar-refractivity contribution in [3.63, 3.8) is 0 Å². The first-order valence-corrected chi connectivity index (χ1v) is 7.67. The predicted molar refractivity (Wildman–Crippen MR) is 86.1 cm³/mol. The molecule has 3 nitrogen and oxygen atoms in total. The Morgan fingerprint density at radius 1 is 1.14 bits per heavy atom. The van der Waals surface area contributed by atoms with Gasteiger partial charge in [-0.15, -0.1) is 0 Å². The first-order valence-electron chi connectivity index (χ1n) is 7.67. The van der Waals surface area contributed by atoms with Crippen molar-refractivity contribution in [2.45, 2.75) is 18.8 Å². The number of anilines is 2. The maximum Gasteiger partial charge on any atom is 0.122 e. The third kappa shape index (κ3) is 2.13. The first kappa shape index (κ1) is 12.6. The number of nitrogens with zero attached hydrogens (tertiary/aromatic N) is 1. The summed E-state index contributed by atoms with van der Waals surface area (Å²) in [5, 5.41) is 0. The lowest BCUT2D eigenvalue weighted by Crippen LogP contribution is -2.34. The Hall–Kier alpha value is -2.16. The molecule has 0 bridgehead atoms. The van der Waals surface area contributed by atoms with Crippen LogP contribution in [-0.4, -0.2) is 19.7 Å². The van der Waals surface area contributed by atoms with E-state index in [9.17, 15) is 0 Å². The van der Waals surface area contributed by atoms with Gasteiger partial charge in [0.05, 0.1) is 6.61 Å². The standard InChI is InChI=1S/C18H20N2O/c19-16-7-3-8-17-15(16)6-4-10-20(17)11-13-12-21-18-9-2-1-5-14(13)18/h1-3,5,7-9,13H,4,6,10-12,19H2. The second-order valence-electron chi connectivity index (χ2n) is 5.94. The molecule has 0 aliphatic carbocycles. The van der Waals surface area contributed by atoms with Crippen molar-refractivity contribution in [2.75, 3.05) is 30.3 Å². The summed E-state index contributed by atoms with van der Waals surface area (Å²) in [7, 11) is 0. The molecular formula is C18H20N2O. The minimum absolute atomic E-state index is 0.452. The number of hydrogen-bond acceptors (Lipinski definition) is 3. The van der Waals surface area contributed by atoms with Gasteiger partial charge in [0.1, 0.15) is 5.75 Å². The van der Waals surface area contributed by atoms with Crippen LogP contribution in [0.5, 0.6) is 5.75 Å². The van der Waals surface area contributed by atoms with Gasteiger partial charge in [0, 0.05) is 35.9 Å². The molecule has 2 aliphatic rings. The van der Waals surface area contributed by atoms with Crippen LogP contribution in [0.2, 0.25) is 0 Å². The minimum Gasteiger partial charge on any atom is -0.493 e. The maximum atomic E-state index is 6.14. The van der Waals surface area contributed by atoms with Crippen molar-refractivity contribution in [3.05, 3.63) is 53.6 Å². The molecule has 2 aromatic carbocycles. The van der Waals surface area contributed by atoms with Crippen LogP contribution in [0.3, 0.4) is 0 Å². The summed E-state index contributed by atoms with van der Waals surface area (Å²) in [6.45, 7) is 2.90. The van der Waals surface area contributed by atoms with E-state index in [0.29, 0.717) is 5.92 Å². The number of benzene rings is 2. The molecule has 2 aromatic rings. The maximum absolute atomic E-state index is 6.14. The van der Waals surface area contributed by atoms with Crippen molar-refractivity contribution in [2.24, 2.45) is 0 Å². The Morgan fingerprint density at radius 2 is 2.05 bits per heavy atom. The summed E-state index contributed by atoms with van der Waals surface area (Å²) in [4.78, 5) is 2.48. The predicted octanol–water partition coefficient (Wildman–Crippen LogP) is 3.20. The Bertz CT molecular complexity index is 668. The molecule has 2 heterocycles. The quantitative estimate of drug-likeness (QED) is 0.859. The average Bonchev–Trinajstić information content (AvgIpc) is 2.92. The van der Waals surface area contributed by atoms with Crippen LogP contribution in [0.1, 0.15) is 23.5 Å². The zero-order valence-electron chi connectivity index (χ0n) is 12.1. The van der Waals surface area contributed by atoms with Crippen molar-refractivity contribution < 1.29 is 4.74 Å². The Balaban J connectivity index is 1.62. The summed E-state index contributed by atoms with van der Waals surface area (Å²) < 4.78 is 5.81. The summed E-state index contributed by atoms with van der Waals surface area (Å²) in [6, 6.07) is 14.7. The summed E-state index contributed by atoms with van der Waals surface area (Å²) in [5.74, 6) is 1.50. The molecule has 0 fully saturated rings. The number of nitrogen functional groups attached to an aromatic ring is 1. The van der Waals surface area contributed by atoms with Crippen molar-refractivity contribution >= 4 is 11.4 Å². The van der Waals surface area contributed by atoms with E-state index in [-0.39, 0.29) is 0 Å². The molecule has 0 aromatic heterocycles. The van der Waals surface area contributed by atoms with Crippen LogP contribution in [0.4, 0.5) is 11.4 Å². The third-order valence-electron chi connectivity index (χ3n) is 4.62. The van der Waals surface area contributed by atoms with Gasteiger partial charge in [0.2, 0.25) is 0 Å². The zero-order chi connectivity index (χ0) is 14.2. The topological polar surface area (TPSA) is 38.5 Å². The van der Waals surface area contributed by atoms with Gasteiger partial charge in [-0.25, -0.2) is 0 Å². The molecule has 2 N–H and O–H groups in total. The van der Waals surface area contributed by atoms with E-state index in [1.165, 1.54) is 23.2 Å². The Kier molecular flexibility index (Phi) is 2.99. The highest BCUT2D eigenvalue weighted by Gasteiger charge is 2.28. The molecule has 108 valence electrons. The molecule has 4 rings (SSSR count). The molecule has 2 aliphatic heterocycles. The van der Waals surface area contributed by atoms with E-state index < -0.39 is 0 Å². The van der Waals surface area contributed by atoms with Crippen LogP contribution in [0.15, 0.2) is 42.5 Å². The van der Waals surface area contributed by atoms with Gasteiger partial charge in [-0.2, -0.15) is 0 Å². The van der Waals surface area contributed by atoms with Gasteiger partial charge >= 0.3 is 0 Å². The molecule has 0 radical (unpaired) electrons. The molecule has 0 saturated carbocycles. The van der Waals surface area contributed by atoms with E-state index in [4.69, 9.17) is 10.5 Å². The van der Waals surface area contributed by atoms with Gasteiger partial charge in [0.15, 0.2) is 0 Å². The van der Waals surface area contributed by atoms with E-state index in [1.54, 1.807) is 0 Å². The second kappa shape index (κ2) is 4.99. The van der Waals surface area contributed by atoms with Crippen LogP contribution >= 0.6 is 0 Å². The molecule has 1 atom stereocenters. The van der Waals surface area contributed by atoms with Crippen molar-refractivity contribution in [3.8, 4) is 5.75 Å². The number of nitrogens with two attached hydrogens (primary N) is 1. The fraction of sp³-hybridized carbons (Fsp3) is 0.333. The number of rotatable bonds is 2. The lowest BCUT2D eigenvalue weighted by Gasteiger charge is -2.33. The minimum atomic E-state index is 0.452. The molecular weight excluding hydrogens is 260 g/mol. The number of para-hydroxylation sites is 1. The van der Waals surface area contributed by atoms with E-state index in [2.05, 4.69) is 35.2 Å². The zero-order valence-corrected chi connectivity index (χ0v) is 12.1. The van der Waals surface area contributed by atoms with Gasteiger partial charge in [-0.3, -0.25) is 0 Å². The van der Waals surface area contributed by atoms with Crippen LogP contribution in [0, 0.1) is 0 Å². The smallest absolute Gasteiger partial charge is 0.122 e. The SMILES string of the molecule is Nc1cccc2c1CCCN2CC1COc2ccccc21. The lowest BCUT2D eigenvalue weighted by molar-refractivity contribution is 0.330. The van der Waals surface area contributed by atoms with E-state index in [1.807, 2.05) is 12.1 Å². The Labute approximate surface area is 125 Å². The highest BCUT2D eigenvalue weighted by Crippen LogP contribution is 2.37. The van der Waals surface area contributed by atoms with Crippen molar-refractivity contribution in [1.82, 2.24) is 0 Å². The summed E-state index contributed by atoms with van der Waals surface area (Å²) in [5.41, 5.74) is 11.0. The van der Waals surface area contributed by atoms with Crippen LogP contribution in [0.25, 0.3) is 0 Å². The normalized spacial score (nSPS) is 19.8. The van der Waals surface area contributed by atoms with Crippen LogP contribution < -0.4 is 15.4 Å². The van der Waals surface area contributed by atoms with Crippen molar-refractivity contribution in [1.29, 1.82) is 0 Å². The first-order chi connectivity index (χ1) is 10.3. The number of ether oxygens (including phenoxy) is 1. The fourth-order valence-corrected chi connectivity index (χ4v) is 3.56. The van der Waals surface area contributed by atoms with Gasteiger partial charge in [-0.1, -0.05) is 24.3 Å². The summed E-state index contributed by atoms with van der Waals surface area (Å²) >= 11 is 0. The number of hydrogen-bond donors (Lipinski definition) is 1. The molecule has 0 saturated heterocycles. The van der Waals surface area contributed by atoms with Gasteiger partial charge in [0.25, 0.3) is 0 Å². The monoisotopic (exact) mass is 280 g/mol. The fourth-order valence-electron chi connectivity index (χ4n) is 3.56. The Morgan fingerprint density at radius 3 is 3.00 bits per heavy atom. The van der Waals surface area contributed by atoms with Gasteiger partial charge < -0.3 is 15.4 Å². The molecule has 0 amide bonds. The third-order valence-corrected chi connectivity index (χ3v) is 4.62. The summed E-state index contributed by atoms with van der Waals surface area (Å²) in [6.07, 6.45) is 2.27. The number of fused-ring (bicyclic) bond motifs is 2. The highest BCUT2D eigenvalue weighted by molar-refractivity contribution is 5.66. The second-order valence-corrected chi connectivity index (χ2v) is 5.94. The largest absolute Gasteiger partial charge is 0.493 e. The molecule has 3 heteroatoms. The van der Waals surface area contributed by atoms with E-state index in [0.717, 1.165) is 37.6 Å². The van der Waals surface area contributed by atoms with Crippen LogP contribution in [-0.2, 0) is 6.42 Å². The van der Waals surface area contributed by atoms with E-state index >= 15 is 0 Å². The van der Waals surface area contributed by atoms with Gasteiger partial charge in [-0.05, 0) is 36.6 Å².